The molecule has 116 valence electrons. The van der Waals surface area contributed by atoms with Crippen LogP contribution in [0, 0.1) is 0 Å². The Balaban J connectivity index is 1.53. The van der Waals surface area contributed by atoms with Crippen LogP contribution in [0.3, 0.4) is 0 Å². The maximum Gasteiger partial charge on any atom is 0.260 e. The third-order valence-electron chi connectivity index (χ3n) is 4.16. The zero-order chi connectivity index (χ0) is 14.9. The molecule has 3 heterocycles. The van der Waals surface area contributed by atoms with Gasteiger partial charge in [0.2, 0.25) is 5.88 Å². The molecule has 2 aliphatic rings. The largest absolute Gasteiger partial charge is 0.467 e. The van der Waals surface area contributed by atoms with Crippen LogP contribution < -0.4 is 4.74 Å². The topological polar surface area (TPSA) is 64.5 Å². The molecule has 0 unspecified atom stereocenters. The van der Waals surface area contributed by atoms with Crippen molar-refractivity contribution >= 4 is 27.5 Å². The van der Waals surface area contributed by atoms with Crippen molar-refractivity contribution in [1.82, 2.24) is 14.9 Å². The maximum absolute atomic E-state index is 12.2. The van der Waals surface area contributed by atoms with Gasteiger partial charge in [-0.3, -0.25) is 4.79 Å². The minimum atomic E-state index is -0.0121. The summed E-state index contributed by atoms with van der Waals surface area (Å²) >= 11 is 1.72. The van der Waals surface area contributed by atoms with Crippen molar-refractivity contribution in [2.75, 3.05) is 32.9 Å². The van der Waals surface area contributed by atoms with Gasteiger partial charge in [0.05, 0.1) is 18.6 Å². The van der Waals surface area contributed by atoms with Gasteiger partial charge in [0.25, 0.3) is 5.91 Å². The van der Waals surface area contributed by atoms with E-state index in [4.69, 9.17) is 9.47 Å². The van der Waals surface area contributed by atoms with E-state index >= 15 is 0 Å². The summed E-state index contributed by atoms with van der Waals surface area (Å²) in [6.45, 7) is 2.49. The number of hydrogen-bond donors (Lipinski definition) is 0. The van der Waals surface area contributed by atoms with Crippen LogP contribution in [0.25, 0.3) is 10.2 Å². The molecule has 0 atom stereocenters. The molecule has 1 amide bonds. The van der Waals surface area contributed by atoms with E-state index in [9.17, 15) is 4.79 Å². The zero-order valence-corrected chi connectivity index (χ0v) is 13.0. The highest BCUT2D eigenvalue weighted by Gasteiger charge is 2.23. The molecule has 22 heavy (non-hydrogen) atoms. The van der Waals surface area contributed by atoms with Gasteiger partial charge in [-0.25, -0.2) is 9.97 Å². The average molecular weight is 319 g/mol. The molecule has 4 rings (SSSR count). The number of ether oxygens (including phenoxy) is 2. The van der Waals surface area contributed by atoms with Gasteiger partial charge in [0.15, 0.2) is 6.61 Å². The number of fused-ring (bicyclic) bond motifs is 3. The fraction of sp³-hybridized carbons (Fsp3) is 0.533. The van der Waals surface area contributed by atoms with Gasteiger partial charge in [0.1, 0.15) is 11.2 Å². The van der Waals surface area contributed by atoms with Gasteiger partial charge in [-0.1, -0.05) is 0 Å². The van der Waals surface area contributed by atoms with E-state index in [1.54, 1.807) is 16.2 Å². The Morgan fingerprint density at radius 1 is 1.32 bits per heavy atom. The summed E-state index contributed by atoms with van der Waals surface area (Å²) in [6.07, 6.45) is 4.86. The highest BCUT2D eigenvalue weighted by molar-refractivity contribution is 7.18. The lowest BCUT2D eigenvalue weighted by atomic mass is 10.2. The lowest BCUT2D eigenvalue weighted by Gasteiger charge is -2.26. The molecule has 0 radical (unpaired) electrons. The van der Waals surface area contributed by atoms with E-state index in [0.29, 0.717) is 32.2 Å². The van der Waals surface area contributed by atoms with E-state index in [1.807, 2.05) is 0 Å². The Morgan fingerprint density at radius 2 is 2.18 bits per heavy atom. The molecule has 1 fully saturated rings. The predicted molar refractivity (Wildman–Crippen MR) is 82.3 cm³/mol. The lowest BCUT2D eigenvalue weighted by Crippen LogP contribution is -2.43. The summed E-state index contributed by atoms with van der Waals surface area (Å²) in [4.78, 5) is 24.9. The second-order valence-corrected chi connectivity index (χ2v) is 6.58. The normalized spacial score (nSPS) is 17.7. The van der Waals surface area contributed by atoms with E-state index in [0.717, 1.165) is 23.1 Å². The lowest BCUT2D eigenvalue weighted by molar-refractivity contribution is -0.137. The molecule has 0 N–H and O–H groups in total. The van der Waals surface area contributed by atoms with E-state index < -0.39 is 0 Å². The highest BCUT2D eigenvalue weighted by atomic mass is 32.1. The van der Waals surface area contributed by atoms with Crippen molar-refractivity contribution < 1.29 is 14.3 Å². The van der Waals surface area contributed by atoms with Gasteiger partial charge < -0.3 is 14.4 Å². The van der Waals surface area contributed by atoms with Crippen molar-refractivity contribution in [3.63, 3.8) is 0 Å². The number of carbonyl (C=O) groups is 1. The third kappa shape index (κ3) is 2.44. The maximum atomic E-state index is 12.2. The second-order valence-electron chi connectivity index (χ2n) is 5.50. The average Bonchev–Trinajstić information content (AvgIpc) is 3.14. The minimum absolute atomic E-state index is 0.0121. The number of nitrogens with zero attached hydrogens (tertiary/aromatic N) is 3. The molecule has 7 heteroatoms. The first kappa shape index (κ1) is 13.9. The van der Waals surface area contributed by atoms with Crippen molar-refractivity contribution in [3.8, 4) is 5.88 Å². The number of hydrogen-bond acceptors (Lipinski definition) is 6. The molecule has 1 saturated heterocycles. The molecule has 1 aliphatic heterocycles. The number of amides is 1. The Kier molecular flexibility index (Phi) is 3.67. The van der Waals surface area contributed by atoms with Crippen LogP contribution in [0.15, 0.2) is 6.33 Å². The first-order valence-electron chi connectivity index (χ1n) is 7.56. The van der Waals surface area contributed by atoms with E-state index in [2.05, 4.69) is 9.97 Å². The number of aryl methyl sites for hydroxylation is 2. The van der Waals surface area contributed by atoms with Gasteiger partial charge in [-0.15, -0.1) is 11.3 Å². The summed E-state index contributed by atoms with van der Waals surface area (Å²) in [7, 11) is 0. The van der Waals surface area contributed by atoms with Crippen LogP contribution in [0.2, 0.25) is 0 Å². The third-order valence-corrected chi connectivity index (χ3v) is 5.36. The molecule has 1 aliphatic carbocycles. The molecule has 0 aromatic carbocycles. The summed E-state index contributed by atoms with van der Waals surface area (Å²) in [5.41, 5.74) is 1.31. The van der Waals surface area contributed by atoms with Crippen LogP contribution >= 0.6 is 11.3 Å². The van der Waals surface area contributed by atoms with Crippen LogP contribution in [0.1, 0.15) is 16.9 Å². The smallest absolute Gasteiger partial charge is 0.260 e. The fourth-order valence-corrected chi connectivity index (χ4v) is 4.26. The number of thiophene rings is 1. The van der Waals surface area contributed by atoms with E-state index in [1.165, 1.54) is 23.2 Å². The van der Waals surface area contributed by atoms with E-state index in [-0.39, 0.29) is 12.5 Å². The highest BCUT2D eigenvalue weighted by Crippen LogP contribution is 2.39. The molecular formula is C15H17N3O3S. The quantitative estimate of drug-likeness (QED) is 0.856. The molecule has 6 nitrogen and oxygen atoms in total. The Morgan fingerprint density at radius 3 is 3.05 bits per heavy atom. The molecule has 2 aromatic heterocycles. The standard InChI is InChI=1S/C15H17N3O3S/c19-12(18-4-6-20-7-5-18)8-21-14-13-10-2-1-3-11(10)22-15(13)17-9-16-14/h9H,1-8H2. The van der Waals surface area contributed by atoms with Crippen molar-refractivity contribution in [3.05, 3.63) is 16.8 Å². The molecule has 0 bridgehead atoms. The summed E-state index contributed by atoms with van der Waals surface area (Å²) < 4.78 is 11.0. The van der Waals surface area contributed by atoms with Crippen molar-refractivity contribution in [1.29, 1.82) is 0 Å². The zero-order valence-electron chi connectivity index (χ0n) is 12.2. The van der Waals surface area contributed by atoms with Gasteiger partial charge in [0, 0.05) is 18.0 Å². The molecule has 0 spiro atoms. The van der Waals surface area contributed by atoms with Crippen molar-refractivity contribution in [2.45, 2.75) is 19.3 Å². The molecule has 2 aromatic rings. The second kappa shape index (κ2) is 5.81. The van der Waals surface area contributed by atoms with Crippen LogP contribution in [-0.4, -0.2) is 53.7 Å². The number of aromatic nitrogens is 2. The first-order valence-corrected chi connectivity index (χ1v) is 8.38. The van der Waals surface area contributed by atoms with Gasteiger partial charge in [-0.2, -0.15) is 0 Å². The number of carbonyl (C=O) groups excluding carboxylic acids is 1. The summed E-state index contributed by atoms with van der Waals surface area (Å²) in [5, 5.41) is 1.01. The number of morpholine rings is 1. The van der Waals surface area contributed by atoms with Crippen LogP contribution in [0.5, 0.6) is 5.88 Å². The molecule has 0 saturated carbocycles. The predicted octanol–water partition coefficient (Wildman–Crippen LogP) is 1.42. The van der Waals surface area contributed by atoms with Gasteiger partial charge in [-0.05, 0) is 24.8 Å². The first-order chi connectivity index (χ1) is 10.8. The Labute approximate surface area is 132 Å². The fourth-order valence-electron chi connectivity index (χ4n) is 3.04. The van der Waals surface area contributed by atoms with Gasteiger partial charge >= 0.3 is 0 Å². The monoisotopic (exact) mass is 319 g/mol. The SMILES string of the molecule is O=C(COc1ncnc2sc3c(c12)CCC3)N1CCOCC1. The number of rotatable bonds is 3. The Hall–Kier alpha value is -1.73. The molecular weight excluding hydrogens is 302 g/mol. The van der Waals surface area contributed by atoms with Crippen LogP contribution in [0.4, 0.5) is 0 Å². The van der Waals surface area contributed by atoms with Crippen molar-refractivity contribution in [2.24, 2.45) is 0 Å². The summed E-state index contributed by atoms with van der Waals surface area (Å²) in [6, 6.07) is 0. The minimum Gasteiger partial charge on any atom is -0.467 e. The van der Waals surface area contributed by atoms with Crippen LogP contribution in [-0.2, 0) is 22.4 Å². The Bertz CT molecular complexity index is 709. The summed E-state index contributed by atoms with van der Waals surface area (Å²) in [5.74, 6) is 0.535.